The smallest absolute Gasteiger partial charge is 0.387 e. The highest BCUT2D eigenvalue weighted by atomic mass is 32.1. The van der Waals surface area contributed by atoms with Gasteiger partial charge >= 0.3 is 6.61 Å². The van der Waals surface area contributed by atoms with Crippen LogP contribution in [-0.2, 0) is 6.54 Å². The molecule has 0 amide bonds. The summed E-state index contributed by atoms with van der Waals surface area (Å²) in [7, 11) is 0. The third-order valence-corrected chi connectivity index (χ3v) is 3.16. The van der Waals surface area contributed by atoms with Crippen LogP contribution in [0.5, 0.6) is 5.75 Å². The van der Waals surface area contributed by atoms with Gasteiger partial charge in [-0.05, 0) is 31.2 Å². The average molecular weight is 270 g/mol. The molecule has 0 unspecified atom stereocenters. The number of ether oxygens (including phenoxy) is 1. The van der Waals surface area contributed by atoms with Gasteiger partial charge in [0.1, 0.15) is 10.8 Å². The molecule has 2 rings (SSSR count). The van der Waals surface area contributed by atoms with Crippen molar-refractivity contribution < 1.29 is 13.5 Å². The molecule has 0 saturated heterocycles. The summed E-state index contributed by atoms with van der Waals surface area (Å²) in [6, 6.07) is 6.39. The topological polar surface area (TPSA) is 34.1 Å². The minimum Gasteiger partial charge on any atom is -0.435 e. The summed E-state index contributed by atoms with van der Waals surface area (Å²) >= 11 is 1.58. The summed E-state index contributed by atoms with van der Waals surface area (Å²) in [5, 5.41) is 6.13. The maximum Gasteiger partial charge on any atom is 0.387 e. The van der Waals surface area contributed by atoms with Gasteiger partial charge in [0, 0.05) is 16.8 Å². The second kappa shape index (κ2) is 5.77. The van der Waals surface area contributed by atoms with E-state index in [0.29, 0.717) is 6.54 Å². The van der Waals surface area contributed by atoms with Crippen LogP contribution >= 0.6 is 11.3 Å². The standard InChI is InChI=1S/C12H12F2N2OS/c1-8-7-18-11(16-8)6-15-9-2-4-10(5-3-9)17-12(13)14/h2-5,7,12,15H,6H2,1H3. The van der Waals surface area contributed by atoms with Crippen LogP contribution in [0.4, 0.5) is 14.5 Å². The summed E-state index contributed by atoms with van der Waals surface area (Å²) in [6.45, 7) is -0.230. The molecule has 0 fully saturated rings. The first kappa shape index (κ1) is 12.8. The molecular weight excluding hydrogens is 258 g/mol. The molecule has 0 aliphatic heterocycles. The van der Waals surface area contributed by atoms with Gasteiger partial charge in [-0.3, -0.25) is 0 Å². The van der Waals surface area contributed by atoms with Gasteiger partial charge in [-0.25, -0.2) is 4.98 Å². The van der Waals surface area contributed by atoms with Gasteiger partial charge in [0.15, 0.2) is 0 Å². The first-order valence-electron chi connectivity index (χ1n) is 5.33. The Morgan fingerprint density at radius 3 is 2.61 bits per heavy atom. The fourth-order valence-electron chi connectivity index (χ4n) is 1.42. The maximum atomic E-state index is 11.9. The zero-order valence-electron chi connectivity index (χ0n) is 9.69. The van der Waals surface area contributed by atoms with Crippen molar-refractivity contribution in [2.24, 2.45) is 0 Å². The van der Waals surface area contributed by atoms with Gasteiger partial charge in [-0.1, -0.05) is 0 Å². The van der Waals surface area contributed by atoms with Crippen molar-refractivity contribution in [2.45, 2.75) is 20.1 Å². The number of nitrogens with zero attached hydrogens (tertiary/aromatic N) is 1. The van der Waals surface area contributed by atoms with Gasteiger partial charge in [0.05, 0.1) is 6.54 Å². The number of benzene rings is 1. The minimum absolute atomic E-state index is 0.153. The highest BCUT2D eigenvalue weighted by molar-refractivity contribution is 7.09. The van der Waals surface area contributed by atoms with Crippen LogP contribution in [-0.4, -0.2) is 11.6 Å². The lowest BCUT2D eigenvalue weighted by Crippen LogP contribution is -2.02. The number of hydrogen-bond acceptors (Lipinski definition) is 4. The van der Waals surface area contributed by atoms with E-state index in [0.717, 1.165) is 16.4 Å². The SMILES string of the molecule is Cc1csc(CNc2ccc(OC(F)F)cc2)n1. The molecule has 18 heavy (non-hydrogen) atoms. The third-order valence-electron chi connectivity index (χ3n) is 2.19. The second-order valence-corrected chi connectivity index (χ2v) is 4.58. The monoisotopic (exact) mass is 270 g/mol. The average Bonchev–Trinajstić information content (AvgIpc) is 2.74. The van der Waals surface area contributed by atoms with Gasteiger partial charge in [-0.2, -0.15) is 8.78 Å². The van der Waals surface area contributed by atoms with Gasteiger partial charge in [0.2, 0.25) is 0 Å². The van der Waals surface area contributed by atoms with E-state index in [4.69, 9.17) is 0 Å². The van der Waals surface area contributed by atoms with E-state index in [1.54, 1.807) is 23.5 Å². The van der Waals surface area contributed by atoms with E-state index >= 15 is 0 Å². The zero-order chi connectivity index (χ0) is 13.0. The lowest BCUT2D eigenvalue weighted by molar-refractivity contribution is -0.0498. The summed E-state index contributed by atoms with van der Waals surface area (Å²) < 4.78 is 28.2. The van der Waals surface area contributed by atoms with Crippen molar-refractivity contribution in [2.75, 3.05) is 5.32 Å². The molecule has 0 atom stereocenters. The second-order valence-electron chi connectivity index (χ2n) is 3.64. The van der Waals surface area contributed by atoms with Gasteiger partial charge in [-0.15, -0.1) is 11.3 Å². The lowest BCUT2D eigenvalue weighted by atomic mass is 10.3. The molecule has 0 radical (unpaired) electrons. The van der Waals surface area contributed by atoms with E-state index in [2.05, 4.69) is 15.0 Å². The molecule has 1 aromatic carbocycles. The number of nitrogens with one attached hydrogen (secondary N) is 1. The van der Waals surface area contributed by atoms with Gasteiger partial charge < -0.3 is 10.1 Å². The van der Waals surface area contributed by atoms with Gasteiger partial charge in [0.25, 0.3) is 0 Å². The van der Waals surface area contributed by atoms with Crippen molar-refractivity contribution in [3.63, 3.8) is 0 Å². The van der Waals surface area contributed by atoms with E-state index in [-0.39, 0.29) is 5.75 Å². The van der Waals surface area contributed by atoms with Crippen molar-refractivity contribution in [1.82, 2.24) is 4.98 Å². The first-order chi connectivity index (χ1) is 8.63. The number of thiazole rings is 1. The zero-order valence-corrected chi connectivity index (χ0v) is 10.5. The number of aryl methyl sites for hydroxylation is 1. The van der Waals surface area contributed by atoms with Crippen LogP contribution in [0, 0.1) is 6.92 Å². The molecule has 0 spiro atoms. The number of halogens is 2. The normalized spacial score (nSPS) is 10.7. The molecule has 96 valence electrons. The summed E-state index contributed by atoms with van der Waals surface area (Å²) in [6.07, 6.45) is 0. The van der Waals surface area contributed by atoms with Crippen LogP contribution in [0.3, 0.4) is 0 Å². The Bertz CT molecular complexity index is 499. The van der Waals surface area contributed by atoms with Crippen LogP contribution < -0.4 is 10.1 Å². The third kappa shape index (κ3) is 3.66. The maximum absolute atomic E-state index is 11.9. The molecule has 0 aliphatic rings. The number of rotatable bonds is 5. The number of hydrogen-bond donors (Lipinski definition) is 1. The fourth-order valence-corrected chi connectivity index (χ4v) is 2.13. The number of alkyl halides is 2. The highest BCUT2D eigenvalue weighted by Crippen LogP contribution is 2.18. The molecule has 1 aromatic heterocycles. The highest BCUT2D eigenvalue weighted by Gasteiger charge is 2.04. The first-order valence-corrected chi connectivity index (χ1v) is 6.21. The quantitative estimate of drug-likeness (QED) is 0.900. The van der Waals surface area contributed by atoms with E-state index in [1.165, 1.54) is 12.1 Å². The molecule has 1 N–H and O–H groups in total. The number of anilines is 1. The molecule has 0 bridgehead atoms. The number of aromatic nitrogens is 1. The minimum atomic E-state index is -2.79. The van der Waals surface area contributed by atoms with E-state index in [9.17, 15) is 8.78 Å². The molecule has 1 heterocycles. The van der Waals surface area contributed by atoms with Crippen LogP contribution in [0.1, 0.15) is 10.7 Å². The Morgan fingerprint density at radius 2 is 2.06 bits per heavy atom. The Balaban J connectivity index is 1.90. The molecule has 0 saturated carbocycles. The predicted octanol–water partition coefficient (Wildman–Crippen LogP) is 3.67. The largest absolute Gasteiger partial charge is 0.435 e. The molecule has 6 heteroatoms. The van der Waals surface area contributed by atoms with Crippen molar-refractivity contribution in [1.29, 1.82) is 0 Å². The Morgan fingerprint density at radius 1 is 1.33 bits per heavy atom. The molecule has 2 aromatic rings. The predicted molar refractivity (Wildman–Crippen MR) is 67.3 cm³/mol. The van der Waals surface area contributed by atoms with E-state index in [1.807, 2.05) is 12.3 Å². The van der Waals surface area contributed by atoms with Crippen LogP contribution in [0.15, 0.2) is 29.6 Å². The Labute approximate surface area is 107 Å². The Hall–Kier alpha value is -1.69. The summed E-state index contributed by atoms with van der Waals surface area (Å²) in [4.78, 5) is 4.31. The van der Waals surface area contributed by atoms with Crippen LogP contribution in [0.2, 0.25) is 0 Å². The molecule has 0 aliphatic carbocycles. The van der Waals surface area contributed by atoms with Crippen molar-refractivity contribution in [3.8, 4) is 5.75 Å². The van der Waals surface area contributed by atoms with E-state index < -0.39 is 6.61 Å². The molecule has 3 nitrogen and oxygen atoms in total. The molecular formula is C12H12F2N2OS. The summed E-state index contributed by atoms with van der Waals surface area (Å²) in [5.74, 6) is 0.153. The summed E-state index contributed by atoms with van der Waals surface area (Å²) in [5.41, 5.74) is 1.84. The van der Waals surface area contributed by atoms with Crippen LogP contribution in [0.25, 0.3) is 0 Å². The van der Waals surface area contributed by atoms with Crippen molar-refractivity contribution in [3.05, 3.63) is 40.3 Å². The Kier molecular flexibility index (Phi) is 4.09. The fraction of sp³-hybridized carbons (Fsp3) is 0.250. The lowest BCUT2D eigenvalue weighted by Gasteiger charge is -2.07. The van der Waals surface area contributed by atoms with Crippen molar-refractivity contribution >= 4 is 17.0 Å².